The van der Waals surface area contributed by atoms with E-state index in [0.29, 0.717) is 6.54 Å². The van der Waals surface area contributed by atoms with Crippen LogP contribution in [0.2, 0.25) is 0 Å². The third-order valence-corrected chi connectivity index (χ3v) is 2.53. The van der Waals surface area contributed by atoms with Gasteiger partial charge in [0.2, 0.25) is 0 Å². The van der Waals surface area contributed by atoms with Crippen LogP contribution in [0.15, 0.2) is 30.3 Å². The van der Waals surface area contributed by atoms with Crippen molar-refractivity contribution in [3.05, 3.63) is 35.9 Å². The molecule has 96 valence electrons. The van der Waals surface area contributed by atoms with Gasteiger partial charge in [-0.1, -0.05) is 37.3 Å². The van der Waals surface area contributed by atoms with Crippen molar-refractivity contribution in [1.82, 2.24) is 4.90 Å². The Kier molecular flexibility index (Phi) is 4.96. The molecule has 0 aliphatic rings. The Hall–Kier alpha value is -1.07. The van der Waals surface area contributed by atoms with Crippen molar-refractivity contribution in [2.24, 2.45) is 5.73 Å². The number of nitrogens with zero attached hydrogens (tertiary/aromatic N) is 1. The van der Waals surface area contributed by atoms with E-state index in [2.05, 4.69) is 0 Å². The number of halogens is 3. The molecule has 0 aromatic heterocycles. The van der Waals surface area contributed by atoms with E-state index in [9.17, 15) is 13.2 Å². The fourth-order valence-corrected chi connectivity index (χ4v) is 1.64. The van der Waals surface area contributed by atoms with Gasteiger partial charge >= 0.3 is 6.18 Å². The molecule has 1 atom stereocenters. The van der Waals surface area contributed by atoms with Crippen LogP contribution in [0.4, 0.5) is 13.2 Å². The van der Waals surface area contributed by atoms with Gasteiger partial charge in [-0.15, -0.1) is 0 Å². The Morgan fingerprint density at radius 1 is 1.24 bits per heavy atom. The van der Waals surface area contributed by atoms with Crippen LogP contribution >= 0.6 is 0 Å². The fraction of sp³-hybridized carbons (Fsp3) is 0.500. The topological polar surface area (TPSA) is 29.3 Å². The second kappa shape index (κ2) is 6.02. The van der Waals surface area contributed by atoms with Crippen LogP contribution in [0.1, 0.15) is 18.5 Å². The molecule has 5 heteroatoms. The van der Waals surface area contributed by atoms with Gasteiger partial charge in [0.05, 0.1) is 6.54 Å². The van der Waals surface area contributed by atoms with E-state index in [-0.39, 0.29) is 6.54 Å². The van der Waals surface area contributed by atoms with E-state index >= 15 is 0 Å². The SMILES string of the molecule is CCN(C[C@@H](N)c1ccccc1)CC(F)(F)F. The van der Waals surface area contributed by atoms with Gasteiger partial charge in [0.15, 0.2) is 0 Å². The Balaban J connectivity index is 2.57. The lowest BCUT2D eigenvalue weighted by atomic mass is 10.1. The van der Waals surface area contributed by atoms with Crippen molar-refractivity contribution in [1.29, 1.82) is 0 Å². The summed E-state index contributed by atoms with van der Waals surface area (Å²) in [6.45, 7) is 1.33. The molecule has 0 fully saturated rings. The second-order valence-electron chi connectivity index (χ2n) is 3.96. The molecule has 0 bridgehead atoms. The number of benzene rings is 1. The van der Waals surface area contributed by atoms with E-state index in [1.54, 1.807) is 6.92 Å². The molecule has 1 rings (SSSR count). The summed E-state index contributed by atoms with van der Waals surface area (Å²) in [5, 5.41) is 0. The molecule has 0 radical (unpaired) electrons. The molecule has 0 unspecified atom stereocenters. The number of nitrogens with two attached hydrogens (primary N) is 1. The summed E-state index contributed by atoms with van der Waals surface area (Å²) in [5.41, 5.74) is 6.74. The van der Waals surface area contributed by atoms with Gasteiger partial charge in [-0.25, -0.2) is 0 Å². The number of alkyl halides is 3. The average Bonchev–Trinajstić information content (AvgIpc) is 2.27. The Labute approximate surface area is 99.2 Å². The van der Waals surface area contributed by atoms with Crippen molar-refractivity contribution in [2.45, 2.75) is 19.1 Å². The highest BCUT2D eigenvalue weighted by Crippen LogP contribution is 2.18. The molecular formula is C12H17F3N2. The van der Waals surface area contributed by atoms with Crippen LogP contribution in [0.25, 0.3) is 0 Å². The minimum Gasteiger partial charge on any atom is -0.323 e. The zero-order valence-electron chi connectivity index (χ0n) is 9.74. The highest BCUT2D eigenvalue weighted by Gasteiger charge is 2.30. The number of hydrogen-bond acceptors (Lipinski definition) is 2. The zero-order chi connectivity index (χ0) is 12.9. The molecule has 0 aliphatic heterocycles. The molecule has 1 aromatic carbocycles. The zero-order valence-corrected chi connectivity index (χ0v) is 9.74. The Morgan fingerprint density at radius 3 is 2.29 bits per heavy atom. The highest BCUT2D eigenvalue weighted by atomic mass is 19.4. The number of rotatable bonds is 5. The molecule has 0 spiro atoms. The van der Waals surface area contributed by atoms with Crippen LogP contribution in [0, 0.1) is 0 Å². The number of likely N-dealkylation sites (N-methyl/N-ethyl adjacent to an activating group) is 1. The first kappa shape index (κ1) is 14.0. The predicted molar refractivity (Wildman–Crippen MR) is 61.5 cm³/mol. The van der Waals surface area contributed by atoms with Gasteiger partial charge in [0.25, 0.3) is 0 Å². The lowest BCUT2D eigenvalue weighted by molar-refractivity contribution is -0.145. The maximum absolute atomic E-state index is 12.3. The minimum atomic E-state index is -4.17. The molecule has 0 amide bonds. The van der Waals surface area contributed by atoms with Gasteiger partial charge in [-0.05, 0) is 12.1 Å². The largest absolute Gasteiger partial charge is 0.401 e. The lowest BCUT2D eigenvalue weighted by Gasteiger charge is -2.25. The lowest BCUT2D eigenvalue weighted by Crippen LogP contribution is -2.38. The Bertz CT molecular complexity index is 324. The summed E-state index contributed by atoms with van der Waals surface area (Å²) in [6.07, 6.45) is -4.17. The molecule has 1 aromatic rings. The maximum atomic E-state index is 12.3. The van der Waals surface area contributed by atoms with E-state index in [1.165, 1.54) is 4.90 Å². The van der Waals surface area contributed by atoms with Gasteiger partial charge < -0.3 is 5.73 Å². The van der Waals surface area contributed by atoms with Gasteiger partial charge in [-0.3, -0.25) is 4.90 Å². The summed E-state index contributed by atoms with van der Waals surface area (Å²) < 4.78 is 36.8. The van der Waals surface area contributed by atoms with Crippen molar-refractivity contribution in [3.8, 4) is 0 Å². The second-order valence-corrected chi connectivity index (χ2v) is 3.96. The summed E-state index contributed by atoms with van der Waals surface area (Å²) in [4.78, 5) is 1.30. The smallest absolute Gasteiger partial charge is 0.323 e. The molecule has 2 nitrogen and oxygen atoms in total. The molecule has 17 heavy (non-hydrogen) atoms. The highest BCUT2D eigenvalue weighted by molar-refractivity contribution is 5.18. The maximum Gasteiger partial charge on any atom is 0.401 e. The van der Waals surface area contributed by atoms with Crippen molar-refractivity contribution < 1.29 is 13.2 Å². The third-order valence-electron chi connectivity index (χ3n) is 2.53. The van der Waals surface area contributed by atoms with Crippen LogP contribution in [0.3, 0.4) is 0 Å². The summed E-state index contributed by atoms with van der Waals surface area (Å²) in [6, 6.07) is 8.77. The van der Waals surface area contributed by atoms with Gasteiger partial charge in [0, 0.05) is 12.6 Å². The summed E-state index contributed by atoms with van der Waals surface area (Å²) in [7, 11) is 0. The molecule has 0 saturated heterocycles. The molecular weight excluding hydrogens is 229 g/mol. The van der Waals surface area contributed by atoms with Crippen LogP contribution in [-0.4, -0.2) is 30.7 Å². The van der Waals surface area contributed by atoms with Crippen molar-refractivity contribution >= 4 is 0 Å². The average molecular weight is 246 g/mol. The standard InChI is InChI=1S/C12H17F3N2/c1-2-17(9-12(13,14)15)8-11(16)10-6-4-3-5-7-10/h3-7,11H,2,8-9,16H2,1H3/t11-/m1/s1. The Morgan fingerprint density at radius 2 is 1.82 bits per heavy atom. The van der Waals surface area contributed by atoms with E-state index in [1.807, 2.05) is 30.3 Å². The van der Waals surface area contributed by atoms with E-state index in [4.69, 9.17) is 5.73 Å². The third kappa shape index (κ3) is 5.19. The van der Waals surface area contributed by atoms with Gasteiger partial charge in [-0.2, -0.15) is 13.2 Å². The molecule has 2 N–H and O–H groups in total. The quantitative estimate of drug-likeness (QED) is 0.865. The van der Waals surface area contributed by atoms with Crippen molar-refractivity contribution in [2.75, 3.05) is 19.6 Å². The minimum absolute atomic E-state index is 0.208. The monoisotopic (exact) mass is 246 g/mol. The predicted octanol–water partition coefficient (Wildman–Crippen LogP) is 2.57. The van der Waals surface area contributed by atoms with Crippen molar-refractivity contribution in [3.63, 3.8) is 0 Å². The summed E-state index contributed by atoms with van der Waals surface area (Å²) in [5.74, 6) is 0. The number of hydrogen-bond donors (Lipinski definition) is 1. The first-order chi connectivity index (χ1) is 7.92. The van der Waals surface area contributed by atoms with Crippen LogP contribution < -0.4 is 5.73 Å². The van der Waals surface area contributed by atoms with Gasteiger partial charge in [0.1, 0.15) is 0 Å². The first-order valence-corrected chi connectivity index (χ1v) is 5.52. The van der Waals surface area contributed by atoms with E-state index in [0.717, 1.165) is 5.56 Å². The van der Waals surface area contributed by atoms with Crippen LogP contribution in [0.5, 0.6) is 0 Å². The molecule has 0 heterocycles. The fourth-order valence-electron chi connectivity index (χ4n) is 1.64. The molecule has 0 saturated carbocycles. The van der Waals surface area contributed by atoms with Crippen LogP contribution in [-0.2, 0) is 0 Å². The normalized spacial score (nSPS) is 14.0. The molecule has 0 aliphatic carbocycles. The first-order valence-electron chi connectivity index (χ1n) is 5.52. The van der Waals surface area contributed by atoms with E-state index < -0.39 is 18.8 Å². The summed E-state index contributed by atoms with van der Waals surface area (Å²) >= 11 is 0.